The Morgan fingerprint density at radius 2 is 0.851 bits per heavy atom. The molecule has 4 aromatic carbocycles. The van der Waals surface area contributed by atoms with Crippen molar-refractivity contribution in [3.8, 4) is 0 Å². The van der Waals surface area contributed by atoms with Crippen molar-refractivity contribution in [2.75, 3.05) is 0 Å². The van der Waals surface area contributed by atoms with E-state index in [9.17, 15) is 0 Å². The minimum absolute atomic E-state index is 0.398. The Bertz CT molecular complexity index is 2770. The second-order valence-electron chi connectivity index (χ2n) is 11.2. The van der Waals surface area contributed by atoms with Gasteiger partial charge in [-0.05, 0) is 72.8 Å². The van der Waals surface area contributed by atoms with Crippen molar-refractivity contribution < 1.29 is 0 Å². The first-order chi connectivity index (χ1) is 22.7. The van der Waals surface area contributed by atoms with E-state index in [2.05, 4.69) is 0 Å². The summed E-state index contributed by atoms with van der Waals surface area (Å²) in [6.45, 7) is 0. The average Bonchev–Trinajstić information content (AvgIpc) is 3.72. The monoisotopic (exact) mass is 746 g/mol. The molecule has 15 heteroatoms. The first kappa shape index (κ1) is 28.2. The molecule has 8 nitrogen and oxygen atoms in total. The van der Waals surface area contributed by atoms with Crippen molar-refractivity contribution in [1.82, 2.24) is 8.47 Å². The van der Waals surface area contributed by atoms with Crippen molar-refractivity contribution in [2.24, 2.45) is 30.0 Å². The Morgan fingerprint density at radius 1 is 0.404 bits per heavy atom. The van der Waals surface area contributed by atoms with E-state index in [-0.39, 0.29) is 0 Å². The first-order valence-electron chi connectivity index (χ1n) is 14.1. The molecule has 6 bridgehead atoms. The van der Waals surface area contributed by atoms with Gasteiger partial charge in [0.1, 0.15) is 22.6 Å². The number of hydrogen-bond donors (Lipinski definition) is 0. The topological polar surface area (TPSA) is 84.0 Å². The van der Waals surface area contributed by atoms with Gasteiger partial charge >= 0.3 is 7.02 Å². The molecule has 0 fully saturated rings. The summed E-state index contributed by atoms with van der Waals surface area (Å²) in [7, 11) is -4.05. The number of halogens is 6. The molecule has 10 rings (SSSR count). The van der Waals surface area contributed by atoms with Crippen molar-refractivity contribution in [3.05, 3.63) is 126 Å². The lowest BCUT2D eigenvalue weighted by atomic mass is 10.1. The minimum atomic E-state index is -4.05. The van der Waals surface area contributed by atoms with Gasteiger partial charge < -0.3 is 0 Å². The van der Waals surface area contributed by atoms with Gasteiger partial charge in [-0.3, -0.25) is 8.47 Å². The molecule has 0 N–H and O–H groups in total. The maximum Gasteiger partial charge on any atom is 0.483 e. The van der Waals surface area contributed by atoms with Gasteiger partial charge in [0.2, 0.25) is 0 Å². The van der Waals surface area contributed by atoms with Crippen LogP contribution in [0.2, 0.25) is 20.1 Å². The van der Waals surface area contributed by atoms with Gasteiger partial charge in [0.05, 0.1) is 0 Å². The van der Waals surface area contributed by atoms with Crippen LogP contribution in [0.5, 0.6) is 0 Å². The maximum absolute atomic E-state index is 7.80. The molecular weight excluding hydrogens is 737 g/mol. The number of fused-ring (bicyclic) bond motifs is 14. The number of nitrogens with zero attached hydrogens (tertiary/aromatic N) is 8. The highest BCUT2D eigenvalue weighted by Crippen LogP contribution is 2.45. The number of hydrogen-bond acceptors (Lipinski definition) is 6. The molecule has 6 aromatic rings. The van der Waals surface area contributed by atoms with E-state index in [4.69, 9.17) is 98.5 Å². The Kier molecular flexibility index (Phi) is 5.79. The fourth-order valence-electron chi connectivity index (χ4n) is 6.50. The molecule has 47 heavy (non-hydrogen) atoms. The standard InChI is InChI=1S/C32H12Cl6N8Si/c33-13-1-5-17-21(9-13)27-39-25(17)41-31-23-11-15(35)3-7-19(23)30-44-28-22-10-14(34)2-6-18(22)26(40-28)42-32-24-12-16(36)4-8-20(24)29(43-27)46(32)47(37,38)45(30)31/h1-12H/b41-25-,41-31?,42-26?,42-32-,43-27?,43-29-,44-28-,44-30?. The van der Waals surface area contributed by atoms with Crippen LogP contribution in [0.4, 0.5) is 11.6 Å². The Labute approximate surface area is 294 Å². The molecule has 0 atom stereocenters. The van der Waals surface area contributed by atoms with Gasteiger partial charge in [0.25, 0.3) is 0 Å². The van der Waals surface area contributed by atoms with Crippen molar-refractivity contribution in [2.45, 2.75) is 0 Å². The second kappa shape index (κ2) is 9.64. The third-order valence-electron chi connectivity index (χ3n) is 8.51. The van der Waals surface area contributed by atoms with Gasteiger partial charge in [0, 0.05) is 63.9 Å². The molecule has 0 aliphatic carbocycles. The van der Waals surface area contributed by atoms with Gasteiger partial charge in [-0.1, -0.05) is 68.6 Å². The van der Waals surface area contributed by atoms with Crippen LogP contribution in [0.1, 0.15) is 22.3 Å². The van der Waals surface area contributed by atoms with E-state index in [1.54, 1.807) is 32.7 Å². The van der Waals surface area contributed by atoms with Crippen molar-refractivity contribution in [3.63, 3.8) is 0 Å². The van der Waals surface area contributed by atoms with Crippen LogP contribution in [0.15, 0.2) is 103 Å². The normalized spacial score (nSPS) is 20.1. The third-order valence-corrected chi connectivity index (χ3v) is 13.4. The number of benzene rings is 4. The van der Waals surface area contributed by atoms with Gasteiger partial charge in [0.15, 0.2) is 23.3 Å². The fourth-order valence-corrected chi connectivity index (χ4v) is 11.0. The third kappa shape index (κ3) is 3.90. The van der Waals surface area contributed by atoms with Crippen molar-refractivity contribution in [1.29, 1.82) is 0 Å². The summed E-state index contributed by atoms with van der Waals surface area (Å²) >= 11 is 41.8. The van der Waals surface area contributed by atoms with Gasteiger partial charge in [-0.25, -0.2) is 30.0 Å². The van der Waals surface area contributed by atoms with Crippen LogP contribution in [-0.4, -0.2) is 38.8 Å². The largest absolute Gasteiger partial charge is 0.483 e. The number of rotatable bonds is 0. The molecule has 4 aliphatic heterocycles. The average molecular weight is 749 g/mol. The molecule has 0 spiro atoms. The van der Waals surface area contributed by atoms with E-state index in [0.717, 1.165) is 11.1 Å². The summed E-state index contributed by atoms with van der Waals surface area (Å²) in [5.74, 6) is 2.48. The summed E-state index contributed by atoms with van der Waals surface area (Å²) in [5, 5.41) is 4.82. The van der Waals surface area contributed by atoms with Crippen LogP contribution in [0.25, 0.3) is 21.5 Å². The zero-order valence-electron chi connectivity index (χ0n) is 23.3. The summed E-state index contributed by atoms with van der Waals surface area (Å²) in [6, 6.07) is 21.9. The quantitative estimate of drug-likeness (QED) is 0.110. The van der Waals surface area contributed by atoms with E-state index in [1.165, 1.54) is 0 Å². The highest BCUT2D eigenvalue weighted by Gasteiger charge is 2.45. The van der Waals surface area contributed by atoms with Crippen LogP contribution in [0.3, 0.4) is 0 Å². The summed E-state index contributed by atoms with van der Waals surface area (Å²) in [4.78, 5) is 30.4. The highest BCUT2D eigenvalue weighted by molar-refractivity contribution is 7.44. The number of aromatic nitrogens is 2. The molecule has 0 saturated carbocycles. The molecule has 0 saturated heterocycles. The van der Waals surface area contributed by atoms with Gasteiger partial charge in [-0.2, -0.15) is 0 Å². The van der Waals surface area contributed by atoms with E-state index < -0.39 is 7.02 Å². The highest BCUT2D eigenvalue weighted by atomic mass is 35.7. The molecule has 6 heterocycles. The summed E-state index contributed by atoms with van der Waals surface area (Å²) in [5.41, 5.74) is 3.77. The van der Waals surface area contributed by atoms with Crippen LogP contribution in [-0.2, 0) is 0 Å². The van der Waals surface area contributed by atoms with Crippen LogP contribution in [0, 0.1) is 0 Å². The molecule has 4 aliphatic rings. The Balaban J connectivity index is 1.51. The van der Waals surface area contributed by atoms with Crippen LogP contribution < -0.4 is 11.0 Å². The maximum atomic E-state index is 7.80. The lowest BCUT2D eigenvalue weighted by Crippen LogP contribution is -2.51. The van der Waals surface area contributed by atoms with Crippen LogP contribution >= 0.6 is 68.6 Å². The first-order valence-corrected chi connectivity index (χ1v) is 19.5. The SMILES string of the molecule is Clc1ccc2c(c1)C1=NC/2=N\c2c3cc(Cl)ccc3c3n2[Si](Cl)(Cl)n2/c(c4ccc(Cl)cc4/c2=N/C2=NC(=N\3)/c3cc(Cl)ccc32)=N\1. The lowest BCUT2D eigenvalue weighted by Gasteiger charge is -2.24. The van der Waals surface area contributed by atoms with E-state index in [1.807, 2.05) is 48.5 Å². The van der Waals surface area contributed by atoms with E-state index >= 15 is 0 Å². The van der Waals surface area contributed by atoms with Crippen molar-refractivity contribution >= 4 is 132 Å². The molecule has 0 radical (unpaired) electrons. The molecular formula is C32H12Cl6N8Si. The van der Waals surface area contributed by atoms with E-state index in [0.29, 0.717) is 98.7 Å². The number of aliphatic imine (C=N–C) groups is 4. The predicted molar refractivity (Wildman–Crippen MR) is 193 cm³/mol. The summed E-state index contributed by atoms with van der Waals surface area (Å²) in [6.07, 6.45) is 0. The minimum Gasteiger partial charge on any atom is -0.294 e. The Hall–Kier alpha value is -3.80. The molecule has 0 amide bonds. The summed E-state index contributed by atoms with van der Waals surface area (Å²) < 4.78 is 3.54. The fraction of sp³-hybridized carbons (Fsp3) is 0. The predicted octanol–water partition coefficient (Wildman–Crippen LogP) is 8.46. The smallest absolute Gasteiger partial charge is 0.294 e. The molecule has 0 unspecified atom stereocenters. The molecule has 226 valence electrons. The zero-order valence-corrected chi connectivity index (χ0v) is 28.8. The number of amidine groups is 4. The zero-order chi connectivity index (χ0) is 31.9. The van der Waals surface area contributed by atoms with Gasteiger partial charge in [-0.15, -0.1) is 0 Å². The Morgan fingerprint density at radius 3 is 1.49 bits per heavy atom. The lowest BCUT2D eigenvalue weighted by molar-refractivity contribution is 0.973. The molecule has 2 aromatic heterocycles. The second-order valence-corrected chi connectivity index (χ2v) is 18.6.